The van der Waals surface area contributed by atoms with Gasteiger partial charge in [0.05, 0.1) is 53.0 Å². The van der Waals surface area contributed by atoms with Crippen molar-refractivity contribution in [3.05, 3.63) is 119 Å². The number of piperidine rings is 2. The molecule has 0 aliphatic carbocycles. The fourth-order valence-corrected chi connectivity index (χ4v) is 9.33. The average molecular weight is 894 g/mol. The summed E-state index contributed by atoms with van der Waals surface area (Å²) in [7, 11) is 0. The van der Waals surface area contributed by atoms with Crippen molar-refractivity contribution in [2.45, 2.75) is 44.2 Å². The number of piperazine rings is 1. The number of fused-ring (bicyclic) bond motifs is 3. The number of anilines is 1. The highest BCUT2D eigenvalue weighted by atomic mass is 19.1. The first kappa shape index (κ1) is 42.9. The summed E-state index contributed by atoms with van der Waals surface area (Å²) in [5.74, 6) is -2.71. The molecule has 0 radical (unpaired) electrons. The molecule has 1 unspecified atom stereocenters. The van der Waals surface area contributed by atoms with Crippen LogP contribution < -0.4 is 15.5 Å². The quantitative estimate of drug-likeness (QED) is 0.161. The Morgan fingerprint density at radius 3 is 2.44 bits per heavy atom. The lowest BCUT2D eigenvalue weighted by Crippen LogP contribution is -2.54. The summed E-state index contributed by atoms with van der Waals surface area (Å²) in [6.07, 6.45) is 7.76. The number of carbonyl (C=O) groups is 5. The van der Waals surface area contributed by atoms with Crippen LogP contribution in [0.2, 0.25) is 0 Å². The van der Waals surface area contributed by atoms with Crippen LogP contribution >= 0.6 is 0 Å². The van der Waals surface area contributed by atoms with Gasteiger partial charge in [0, 0.05) is 94.6 Å². The lowest BCUT2D eigenvalue weighted by molar-refractivity contribution is -0.136. The van der Waals surface area contributed by atoms with E-state index in [-0.39, 0.29) is 35.6 Å². The highest BCUT2D eigenvalue weighted by molar-refractivity contribution is 6.23. The molecule has 17 nitrogen and oxygen atoms in total. The normalized spacial score (nSPS) is 18.7. The minimum absolute atomic E-state index is 0.0343. The van der Waals surface area contributed by atoms with Gasteiger partial charge in [-0.25, -0.2) is 18.9 Å². The standard InChI is InChI=1S/C48H48FN11O6/c49-39-26-32(41-29-53-48-52-28-34(60(48)55-41)25-30-3-8-40-31(24-30)2-1-13-50-40)4-6-37(39)44(62)51-14-17-56-15-11-35(12-16-56)66-23-22-57-18-20-58(21-19-57)33-5-7-36-38(27-33)47(65)59(46(36)64)42-9-10-43(61)54-45(42)63/h1-8,13,24,26-29,35,42H,9-12,14-23,25H2,(H,51,62)(H,54,61,63). The van der Waals surface area contributed by atoms with Crippen molar-refractivity contribution in [2.24, 2.45) is 0 Å². The summed E-state index contributed by atoms with van der Waals surface area (Å²) < 4.78 is 23.4. The first-order valence-corrected chi connectivity index (χ1v) is 22.4. The van der Waals surface area contributed by atoms with E-state index in [1.807, 2.05) is 30.3 Å². The van der Waals surface area contributed by atoms with Crippen LogP contribution in [0.4, 0.5) is 10.1 Å². The predicted octanol–water partition coefficient (Wildman–Crippen LogP) is 3.50. The number of imide groups is 2. The molecule has 4 aliphatic rings. The number of carbonyl (C=O) groups excluding carboxylic acids is 5. The number of hydrogen-bond donors (Lipinski definition) is 2. The minimum Gasteiger partial charge on any atom is -0.377 e. The van der Waals surface area contributed by atoms with Crippen LogP contribution in [0.1, 0.15) is 68.0 Å². The highest BCUT2D eigenvalue weighted by Gasteiger charge is 2.45. The number of rotatable bonds is 13. The molecule has 3 saturated heterocycles. The zero-order valence-corrected chi connectivity index (χ0v) is 36.2. The lowest BCUT2D eigenvalue weighted by atomic mass is 10.0. The fraction of sp³-hybridized carbons (Fsp3) is 0.354. The zero-order chi connectivity index (χ0) is 45.3. The van der Waals surface area contributed by atoms with Crippen LogP contribution in [-0.2, 0) is 20.7 Å². The molecule has 2 N–H and O–H groups in total. The van der Waals surface area contributed by atoms with Crippen LogP contribution in [0.3, 0.4) is 0 Å². The third kappa shape index (κ3) is 8.86. The monoisotopic (exact) mass is 893 g/mol. The van der Waals surface area contributed by atoms with Gasteiger partial charge < -0.3 is 19.9 Å². The Hall–Kier alpha value is -7.02. The number of nitrogens with one attached hydrogen (secondary N) is 2. The van der Waals surface area contributed by atoms with E-state index in [0.29, 0.717) is 43.2 Å². The van der Waals surface area contributed by atoms with Crippen molar-refractivity contribution < 1.29 is 33.1 Å². The second kappa shape index (κ2) is 18.5. The number of imidazole rings is 1. The summed E-state index contributed by atoms with van der Waals surface area (Å²) in [4.78, 5) is 84.6. The molecule has 3 aromatic heterocycles. The topological polar surface area (TPSA) is 188 Å². The molecule has 5 amide bonds. The number of amides is 5. The van der Waals surface area contributed by atoms with Crippen LogP contribution in [0.25, 0.3) is 27.9 Å². The summed E-state index contributed by atoms with van der Waals surface area (Å²) in [6, 6.07) is 18.8. The first-order valence-electron chi connectivity index (χ1n) is 22.4. The molecule has 18 heteroatoms. The number of nitrogens with zero attached hydrogens (tertiary/aromatic N) is 9. The SMILES string of the molecule is O=C1CCC(N2C(=O)c3ccc(N4CCN(CCOC5CCN(CCNC(=O)c6ccc(-c7cnc8ncc(Cc9ccc%10ncccc%10c9)n8n7)cc6F)CC5)CC4)cc3C2=O)C(=O)N1. The van der Waals surface area contributed by atoms with Crippen LogP contribution in [0.5, 0.6) is 0 Å². The molecule has 3 fully saturated rings. The molecule has 1 atom stereocenters. The smallest absolute Gasteiger partial charge is 0.262 e. The molecule has 10 rings (SSSR count). The zero-order valence-electron chi connectivity index (χ0n) is 36.2. The van der Waals surface area contributed by atoms with Crippen molar-refractivity contribution >= 4 is 51.9 Å². The van der Waals surface area contributed by atoms with E-state index in [1.54, 1.807) is 41.3 Å². The van der Waals surface area contributed by atoms with Crippen molar-refractivity contribution in [1.29, 1.82) is 0 Å². The Kier molecular flexibility index (Phi) is 12.0. The van der Waals surface area contributed by atoms with E-state index in [1.165, 1.54) is 12.1 Å². The van der Waals surface area contributed by atoms with E-state index >= 15 is 4.39 Å². The Labute approximate surface area is 378 Å². The Bertz CT molecular complexity index is 2870. The van der Waals surface area contributed by atoms with Gasteiger partial charge in [-0.15, -0.1) is 0 Å². The largest absolute Gasteiger partial charge is 0.377 e. The molecule has 338 valence electrons. The van der Waals surface area contributed by atoms with Gasteiger partial charge in [-0.1, -0.05) is 18.2 Å². The van der Waals surface area contributed by atoms with Gasteiger partial charge in [-0.05, 0) is 73.4 Å². The molecule has 4 aliphatic heterocycles. The highest BCUT2D eigenvalue weighted by Crippen LogP contribution is 2.31. The third-order valence-electron chi connectivity index (χ3n) is 13.0. The molecule has 6 aromatic rings. The van der Waals surface area contributed by atoms with Crippen molar-refractivity contribution in [3.63, 3.8) is 0 Å². The number of likely N-dealkylation sites (tertiary alicyclic amines) is 1. The first-order chi connectivity index (χ1) is 32.1. The van der Waals surface area contributed by atoms with Crippen molar-refractivity contribution in [2.75, 3.05) is 70.4 Å². The van der Waals surface area contributed by atoms with E-state index in [2.05, 4.69) is 46.4 Å². The van der Waals surface area contributed by atoms with Crippen LogP contribution in [0.15, 0.2) is 85.3 Å². The van der Waals surface area contributed by atoms with E-state index in [9.17, 15) is 24.0 Å². The number of pyridine rings is 1. The second-order valence-corrected chi connectivity index (χ2v) is 17.2. The van der Waals surface area contributed by atoms with Gasteiger partial charge in [0.15, 0.2) is 0 Å². The van der Waals surface area contributed by atoms with Gasteiger partial charge in [-0.2, -0.15) is 5.10 Å². The average Bonchev–Trinajstić information content (AvgIpc) is 3.84. The van der Waals surface area contributed by atoms with Crippen molar-refractivity contribution in [3.8, 4) is 11.3 Å². The number of ether oxygens (including phenoxy) is 1. The third-order valence-corrected chi connectivity index (χ3v) is 13.0. The summed E-state index contributed by atoms with van der Waals surface area (Å²) in [5.41, 5.74) is 5.15. The van der Waals surface area contributed by atoms with E-state index in [4.69, 9.17) is 9.84 Å². The number of benzene rings is 3. The number of aromatic nitrogens is 5. The Morgan fingerprint density at radius 1 is 0.818 bits per heavy atom. The van der Waals surface area contributed by atoms with E-state index < -0.39 is 41.4 Å². The summed E-state index contributed by atoms with van der Waals surface area (Å²) in [6.45, 7) is 7.26. The molecular formula is C48H48FN11O6. The molecular weight excluding hydrogens is 846 g/mol. The van der Waals surface area contributed by atoms with Gasteiger partial charge >= 0.3 is 0 Å². The maximum atomic E-state index is 15.4. The molecule has 0 saturated carbocycles. The number of halogens is 1. The van der Waals surface area contributed by atoms with Gasteiger partial charge in [0.1, 0.15) is 17.6 Å². The maximum Gasteiger partial charge on any atom is 0.262 e. The fourth-order valence-electron chi connectivity index (χ4n) is 9.33. The Balaban J connectivity index is 0.636. The molecule has 0 spiro atoms. The maximum absolute atomic E-state index is 15.4. The molecule has 3 aromatic carbocycles. The minimum atomic E-state index is -0.988. The second-order valence-electron chi connectivity index (χ2n) is 17.2. The molecule has 0 bridgehead atoms. The van der Waals surface area contributed by atoms with E-state index in [0.717, 1.165) is 91.4 Å². The van der Waals surface area contributed by atoms with Crippen molar-refractivity contribution in [1.82, 2.24) is 49.9 Å². The van der Waals surface area contributed by atoms with Crippen LogP contribution in [-0.4, -0.2) is 146 Å². The lowest BCUT2D eigenvalue weighted by Gasteiger charge is -2.37. The summed E-state index contributed by atoms with van der Waals surface area (Å²) >= 11 is 0. The van der Waals surface area contributed by atoms with Gasteiger partial charge in [-0.3, -0.25) is 44.1 Å². The Morgan fingerprint density at radius 2 is 1.62 bits per heavy atom. The van der Waals surface area contributed by atoms with Gasteiger partial charge in [0.25, 0.3) is 23.5 Å². The molecule has 66 heavy (non-hydrogen) atoms. The van der Waals surface area contributed by atoms with Gasteiger partial charge in [0.2, 0.25) is 11.8 Å². The predicted molar refractivity (Wildman–Crippen MR) is 240 cm³/mol. The number of hydrogen-bond acceptors (Lipinski definition) is 13. The molecule has 7 heterocycles. The summed E-state index contributed by atoms with van der Waals surface area (Å²) in [5, 5.41) is 10.9. The van der Waals surface area contributed by atoms with Crippen LogP contribution in [0, 0.1) is 5.82 Å².